The van der Waals surface area contributed by atoms with E-state index >= 15 is 0 Å². The quantitative estimate of drug-likeness (QED) is 0.541. The molecule has 1 fully saturated rings. The van der Waals surface area contributed by atoms with Crippen molar-refractivity contribution in [1.82, 2.24) is 4.98 Å². The SMILES string of the molecule is CC1(OCC(C)(CC(F)(F)F)C(=O)Cc2cnc3c(F)cccc3c2)CCCC1. The number of aromatic nitrogens is 1. The lowest BCUT2D eigenvalue weighted by Gasteiger charge is -2.34. The number of fused-ring (bicyclic) bond motifs is 1. The molecule has 158 valence electrons. The van der Waals surface area contributed by atoms with Gasteiger partial charge in [-0.2, -0.15) is 13.2 Å². The largest absolute Gasteiger partial charge is 0.390 e. The van der Waals surface area contributed by atoms with Crippen LogP contribution in [0.4, 0.5) is 17.6 Å². The number of carbonyl (C=O) groups is 1. The first-order valence-electron chi connectivity index (χ1n) is 9.77. The lowest BCUT2D eigenvalue weighted by Crippen LogP contribution is -2.41. The molecule has 0 bridgehead atoms. The zero-order valence-corrected chi connectivity index (χ0v) is 16.6. The van der Waals surface area contributed by atoms with Gasteiger partial charge in [0.15, 0.2) is 0 Å². The standard InChI is InChI=1S/C22H25F4NO2/c1-20(13-22(24,25)26,14-29-21(2)8-3-4-9-21)18(28)11-15-10-16-6-5-7-17(23)19(16)27-12-15/h5-7,10,12H,3-4,8-9,11,13-14H2,1-2H3. The first-order chi connectivity index (χ1) is 13.5. The van der Waals surface area contributed by atoms with Crippen LogP contribution in [0.5, 0.6) is 0 Å². The van der Waals surface area contributed by atoms with E-state index in [-0.39, 0.29) is 18.5 Å². The van der Waals surface area contributed by atoms with Gasteiger partial charge in [-0.25, -0.2) is 4.39 Å². The Labute approximate surface area is 167 Å². The number of hydrogen-bond acceptors (Lipinski definition) is 3. The molecule has 3 nitrogen and oxygen atoms in total. The number of para-hydroxylation sites is 1. The number of Topliss-reactive ketones (excluding diaryl/α,β-unsaturated/α-hetero) is 1. The van der Waals surface area contributed by atoms with Crippen molar-refractivity contribution in [3.05, 3.63) is 41.8 Å². The van der Waals surface area contributed by atoms with Crippen molar-refractivity contribution in [2.24, 2.45) is 5.41 Å². The van der Waals surface area contributed by atoms with Crippen LogP contribution in [-0.2, 0) is 16.0 Å². The van der Waals surface area contributed by atoms with E-state index in [0.29, 0.717) is 10.9 Å². The summed E-state index contributed by atoms with van der Waals surface area (Å²) in [5, 5.41) is 0.502. The maximum Gasteiger partial charge on any atom is 0.390 e. The van der Waals surface area contributed by atoms with Crippen molar-refractivity contribution in [2.75, 3.05) is 6.61 Å². The molecule has 1 unspecified atom stereocenters. The average molecular weight is 411 g/mol. The van der Waals surface area contributed by atoms with E-state index in [2.05, 4.69) is 4.98 Å². The summed E-state index contributed by atoms with van der Waals surface area (Å²) in [5.41, 5.74) is -1.55. The normalized spacial score (nSPS) is 18.7. The number of nitrogens with zero attached hydrogens (tertiary/aromatic N) is 1. The summed E-state index contributed by atoms with van der Waals surface area (Å²) >= 11 is 0. The van der Waals surface area contributed by atoms with E-state index in [1.807, 2.05) is 6.92 Å². The van der Waals surface area contributed by atoms with Gasteiger partial charge in [-0.05, 0) is 37.5 Å². The number of alkyl halides is 3. The molecule has 7 heteroatoms. The van der Waals surface area contributed by atoms with Crippen LogP contribution in [0.1, 0.15) is 51.5 Å². The van der Waals surface area contributed by atoms with Gasteiger partial charge < -0.3 is 4.74 Å². The fourth-order valence-corrected chi connectivity index (χ4v) is 3.94. The monoisotopic (exact) mass is 411 g/mol. The molecule has 1 aliphatic carbocycles. The van der Waals surface area contributed by atoms with Gasteiger partial charge >= 0.3 is 6.18 Å². The third-order valence-electron chi connectivity index (χ3n) is 5.75. The minimum absolute atomic E-state index is 0.166. The fraction of sp³-hybridized carbons (Fsp3) is 0.545. The Balaban J connectivity index is 1.80. The molecule has 1 heterocycles. The Morgan fingerprint density at radius 2 is 1.93 bits per heavy atom. The van der Waals surface area contributed by atoms with E-state index in [4.69, 9.17) is 4.74 Å². The third kappa shape index (κ3) is 5.32. The van der Waals surface area contributed by atoms with Crippen LogP contribution in [0.2, 0.25) is 0 Å². The minimum atomic E-state index is -4.49. The number of ketones is 1. The fourth-order valence-electron chi connectivity index (χ4n) is 3.94. The zero-order chi connectivity index (χ0) is 21.3. The van der Waals surface area contributed by atoms with E-state index in [0.717, 1.165) is 25.7 Å². The molecule has 0 N–H and O–H groups in total. The van der Waals surface area contributed by atoms with Crippen LogP contribution in [0.25, 0.3) is 10.9 Å². The van der Waals surface area contributed by atoms with E-state index < -0.39 is 35.2 Å². The van der Waals surface area contributed by atoms with Crippen LogP contribution in [0.3, 0.4) is 0 Å². The first kappa shape index (κ1) is 21.7. The summed E-state index contributed by atoms with van der Waals surface area (Å²) in [7, 11) is 0. The molecule has 1 saturated carbocycles. The molecule has 0 radical (unpaired) electrons. The average Bonchev–Trinajstić information content (AvgIpc) is 3.06. The Kier molecular flexibility index (Phi) is 5.99. The summed E-state index contributed by atoms with van der Waals surface area (Å²) in [5.74, 6) is -1.05. The number of benzene rings is 1. The lowest BCUT2D eigenvalue weighted by atomic mass is 9.80. The van der Waals surface area contributed by atoms with Crippen molar-refractivity contribution in [1.29, 1.82) is 0 Å². The smallest absolute Gasteiger partial charge is 0.374 e. The number of hydrogen-bond donors (Lipinski definition) is 0. The molecule has 1 aromatic carbocycles. The van der Waals surface area contributed by atoms with Gasteiger partial charge in [0.05, 0.1) is 24.0 Å². The van der Waals surface area contributed by atoms with Gasteiger partial charge in [-0.3, -0.25) is 9.78 Å². The minimum Gasteiger partial charge on any atom is -0.374 e. The number of carbonyl (C=O) groups excluding carboxylic acids is 1. The second kappa shape index (κ2) is 8.01. The molecular formula is C22H25F4NO2. The molecule has 0 aliphatic heterocycles. The highest BCUT2D eigenvalue weighted by atomic mass is 19.4. The molecule has 1 aromatic heterocycles. The Morgan fingerprint density at radius 3 is 2.59 bits per heavy atom. The second-order valence-electron chi connectivity index (χ2n) is 8.55. The van der Waals surface area contributed by atoms with Gasteiger partial charge in [0, 0.05) is 18.0 Å². The van der Waals surface area contributed by atoms with E-state index in [1.54, 1.807) is 12.1 Å². The molecule has 1 atom stereocenters. The van der Waals surface area contributed by atoms with Crippen LogP contribution in [0, 0.1) is 11.2 Å². The van der Waals surface area contributed by atoms with E-state index in [1.165, 1.54) is 25.3 Å². The highest BCUT2D eigenvalue weighted by molar-refractivity contribution is 5.88. The van der Waals surface area contributed by atoms with Crippen LogP contribution >= 0.6 is 0 Å². The van der Waals surface area contributed by atoms with Gasteiger partial charge in [-0.15, -0.1) is 0 Å². The van der Waals surface area contributed by atoms with Crippen molar-refractivity contribution in [3.8, 4) is 0 Å². The molecular weight excluding hydrogens is 386 g/mol. The molecule has 0 saturated heterocycles. The number of halogens is 4. The van der Waals surface area contributed by atoms with Gasteiger partial charge in [0.2, 0.25) is 0 Å². The molecule has 0 amide bonds. The summed E-state index contributed by atoms with van der Waals surface area (Å²) < 4.78 is 59.3. The highest BCUT2D eigenvalue weighted by Gasteiger charge is 2.45. The maximum atomic E-state index is 13.8. The topological polar surface area (TPSA) is 39.2 Å². The van der Waals surface area contributed by atoms with Crippen molar-refractivity contribution in [3.63, 3.8) is 0 Å². The predicted molar refractivity (Wildman–Crippen MR) is 102 cm³/mol. The Hall–Kier alpha value is -2.02. The summed E-state index contributed by atoms with van der Waals surface area (Å²) in [4.78, 5) is 17.0. The molecule has 2 aromatic rings. The highest BCUT2D eigenvalue weighted by Crippen LogP contribution is 2.39. The lowest BCUT2D eigenvalue weighted by molar-refractivity contribution is -0.178. The zero-order valence-electron chi connectivity index (χ0n) is 16.6. The molecule has 0 spiro atoms. The van der Waals surface area contributed by atoms with Crippen LogP contribution in [-0.4, -0.2) is 29.2 Å². The number of ether oxygens (including phenoxy) is 1. The Morgan fingerprint density at radius 1 is 1.24 bits per heavy atom. The number of pyridine rings is 1. The summed E-state index contributed by atoms with van der Waals surface area (Å²) in [6.07, 6.45) is -1.10. The van der Waals surface area contributed by atoms with Gasteiger partial charge in [0.1, 0.15) is 17.1 Å². The molecule has 29 heavy (non-hydrogen) atoms. The first-order valence-corrected chi connectivity index (χ1v) is 9.77. The molecule has 3 rings (SSSR count). The van der Waals surface area contributed by atoms with Crippen LogP contribution < -0.4 is 0 Å². The Bertz CT molecular complexity index is 890. The number of rotatable bonds is 7. The second-order valence-corrected chi connectivity index (χ2v) is 8.55. The van der Waals surface area contributed by atoms with Crippen molar-refractivity contribution < 1.29 is 27.1 Å². The van der Waals surface area contributed by atoms with Crippen LogP contribution in [0.15, 0.2) is 30.5 Å². The third-order valence-corrected chi connectivity index (χ3v) is 5.75. The summed E-state index contributed by atoms with van der Waals surface area (Å²) in [6, 6.07) is 6.05. The van der Waals surface area contributed by atoms with Crippen molar-refractivity contribution >= 4 is 16.7 Å². The predicted octanol–water partition coefficient (Wildman–Crippen LogP) is 5.79. The molecule has 1 aliphatic rings. The van der Waals surface area contributed by atoms with Crippen molar-refractivity contribution in [2.45, 2.75) is 64.1 Å². The van der Waals surface area contributed by atoms with Gasteiger partial charge in [-0.1, -0.05) is 31.9 Å². The van der Waals surface area contributed by atoms with E-state index in [9.17, 15) is 22.4 Å². The summed E-state index contributed by atoms with van der Waals surface area (Å²) in [6.45, 7) is 2.92. The maximum absolute atomic E-state index is 13.8. The van der Waals surface area contributed by atoms with Gasteiger partial charge in [0.25, 0.3) is 0 Å².